The fourth-order valence-electron chi connectivity index (χ4n) is 1.96. The summed E-state index contributed by atoms with van der Waals surface area (Å²) in [6.45, 7) is 0. The Kier molecular flexibility index (Phi) is 2.09. The zero-order valence-corrected chi connectivity index (χ0v) is 9.58. The van der Waals surface area contributed by atoms with Crippen LogP contribution in [0.1, 0.15) is 0 Å². The molecular weight excluding hydrogens is 236 g/mol. The van der Waals surface area contributed by atoms with Crippen LogP contribution in [0.3, 0.4) is 0 Å². The Labute approximate surface area is 102 Å². The molecule has 0 unspecified atom stereocenters. The maximum Gasteiger partial charge on any atom is 0.189 e. The topological polar surface area (TPSA) is 58.9 Å². The van der Waals surface area contributed by atoms with Crippen LogP contribution >= 0.6 is 11.6 Å². The van der Waals surface area contributed by atoms with E-state index in [0.717, 1.165) is 16.6 Å². The van der Waals surface area contributed by atoms with Crippen LogP contribution in [0.25, 0.3) is 22.2 Å². The summed E-state index contributed by atoms with van der Waals surface area (Å²) in [5.74, 6) is 0. The highest BCUT2D eigenvalue weighted by Crippen LogP contribution is 2.25. The predicted octanol–water partition coefficient (Wildman–Crippen LogP) is 2.87. The van der Waals surface area contributed by atoms with E-state index in [-0.39, 0.29) is 5.43 Å². The molecule has 1 aliphatic heterocycles. The molecule has 4 heteroatoms. The third-order valence-electron chi connectivity index (χ3n) is 2.75. The Morgan fingerprint density at radius 2 is 1.94 bits per heavy atom. The van der Waals surface area contributed by atoms with Gasteiger partial charge in [0.1, 0.15) is 0 Å². The molecule has 0 aromatic heterocycles. The van der Waals surface area contributed by atoms with Gasteiger partial charge >= 0.3 is 0 Å². The Balaban J connectivity index is 2.49. The second-order valence-corrected chi connectivity index (χ2v) is 4.42. The van der Waals surface area contributed by atoms with Crippen molar-refractivity contribution in [1.82, 2.24) is 4.98 Å². The van der Waals surface area contributed by atoms with E-state index >= 15 is 0 Å². The van der Waals surface area contributed by atoms with Gasteiger partial charge in [0.05, 0.1) is 5.69 Å². The van der Waals surface area contributed by atoms with Crippen molar-refractivity contribution in [1.29, 1.82) is 0 Å². The Morgan fingerprint density at radius 3 is 2.76 bits per heavy atom. The molecule has 1 aliphatic carbocycles. The minimum absolute atomic E-state index is 0.0758. The van der Waals surface area contributed by atoms with Crippen LogP contribution in [0, 0.1) is 0 Å². The quantitative estimate of drug-likeness (QED) is 0.472. The van der Waals surface area contributed by atoms with Gasteiger partial charge in [-0.15, -0.1) is 0 Å². The Bertz CT molecular complexity index is 748. The number of nitrogen functional groups attached to an aromatic ring is 1. The summed E-state index contributed by atoms with van der Waals surface area (Å²) >= 11 is 5.93. The van der Waals surface area contributed by atoms with Gasteiger partial charge in [-0.3, -0.25) is 4.79 Å². The first-order valence-electron chi connectivity index (χ1n) is 5.15. The average molecular weight is 245 g/mol. The van der Waals surface area contributed by atoms with Crippen molar-refractivity contribution in [2.45, 2.75) is 0 Å². The molecule has 3 N–H and O–H groups in total. The minimum atomic E-state index is -0.0758. The highest BCUT2D eigenvalue weighted by Gasteiger charge is 2.09. The lowest BCUT2D eigenvalue weighted by molar-refractivity contribution is 1.37. The van der Waals surface area contributed by atoms with Crippen molar-refractivity contribution in [3.63, 3.8) is 0 Å². The number of hydrogen-bond acceptors (Lipinski definition) is 2. The first-order chi connectivity index (χ1) is 8.13. The number of nitrogens with two attached hydrogens (primary N) is 1. The first kappa shape index (κ1) is 10.2. The molecule has 0 amide bonds. The summed E-state index contributed by atoms with van der Waals surface area (Å²) in [4.78, 5) is 15.0. The van der Waals surface area contributed by atoms with Crippen LogP contribution in [0.4, 0.5) is 5.69 Å². The third kappa shape index (κ3) is 1.65. The third-order valence-corrected chi connectivity index (χ3v) is 2.98. The molecule has 0 fully saturated rings. The van der Waals surface area contributed by atoms with E-state index in [1.807, 2.05) is 18.2 Å². The lowest BCUT2D eigenvalue weighted by Crippen LogP contribution is -2.07. The van der Waals surface area contributed by atoms with Crippen LogP contribution in [0.2, 0.25) is 5.02 Å². The van der Waals surface area contributed by atoms with E-state index in [0.29, 0.717) is 16.3 Å². The molecule has 0 saturated heterocycles. The SMILES string of the molecule is Nc1cc2[nH]c3cc(Cl)ccc3cc-2c(=O)c1. The highest BCUT2D eigenvalue weighted by molar-refractivity contribution is 6.31. The van der Waals surface area contributed by atoms with E-state index in [2.05, 4.69) is 4.98 Å². The van der Waals surface area contributed by atoms with Crippen LogP contribution in [-0.2, 0) is 0 Å². The molecule has 2 aliphatic rings. The number of aromatic amines is 1. The van der Waals surface area contributed by atoms with E-state index < -0.39 is 0 Å². The summed E-state index contributed by atoms with van der Waals surface area (Å²) < 4.78 is 0. The van der Waals surface area contributed by atoms with Gasteiger partial charge in [0.25, 0.3) is 0 Å². The largest absolute Gasteiger partial charge is 0.399 e. The van der Waals surface area contributed by atoms with Crippen molar-refractivity contribution in [2.24, 2.45) is 0 Å². The standard InChI is InChI=1S/C13H9ClN2O/c14-8-2-1-7-3-10-12(16-11(7)4-8)5-9(15)6-13(10)17/h1-6,16H,15H2. The number of pyridine rings is 1. The molecule has 0 spiro atoms. The molecule has 1 aromatic carbocycles. The van der Waals surface area contributed by atoms with Crippen LogP contribution in [0.5, 0.6) is 0 Å². The molecule has 17 heavy (non-hydrogen) atoms. The number of benzene rings is 2. The van der Waals surface area contributed by atoms with Crippen molar-refractivity contribution >= 4 is 28.2 Å². The number of H-pyrrole nitrogens is 1. The predicted molar refractivity (Wildman–Crippen MR) is 70.6 cm³/mol. The molecule has 0 bridgehead atoms. The molecule has 3 rings (SSSR count). The van der Waals surface area contributed by atoms with Crippen LogP contribution in [0.15, 0.2) is 41.2 Å². The van der Waals surface area contributed by atoms with Crippen molar-refractivity contribution in [3.05, 3.63) is 51.6 Å². The lowest BCUT2D eigenvalue weighted by atomic mass is 10.1. The summed E-state index contributed by atoms with van der Waals surface area (Å²) in [7, 11) is 0. The van der Waals surface area contributed by atoms with Gasteiger partial charge in [0, 0.05) is 27.9 Å². The molecule has 3 nitrogen and oxygen atoms in total. The Hall–Kier alpha value is -2.00. The highest BCUT2D eigenvalue weighted by atomic mass is 35.5. The fourth-order valence-corrected chi connectivity index (χ4v) is 2.14. The second-order valence-electron chi connectivity index (χ2n) is 3.98. The zero-order chi connectivity index (χ0) is 12.0. The van der Waals surface area contributed by atoms with Gasteiger partial charge in [-0.25, -0.2) is 0 Å². The molecule has 84 valence electrons. The zero-order valence-electron chi connectivity index (χ0n) is 8.83. The van der Waals surface area contributed by atoms with Gasteiger partial charge < -0.3 is 10.7 Å². The number of rotatable bonds is 0. The van der Waals surface area contributed by atoms with E-state index in [9.17, 15) is 4.79 Å². The second kappa shape index (κ2) is 3.50. The number of halogens is 1. The van der Waals surface area contributed by atoms with E-state index in [1.165, 1.54) is 6.07 Å². The molecule has 0 saturated carbocycles. The first-order valence-corrected chi connectivity index (χ1v) is 5.53. The van der Waals surface area contributed by atoms with Crippen molar-refractivity contribution in [2.75, 3.05) is 5.73 Å². The maximum atomic E-state index is 11.8. The van der Waals surface area contributed by atoms with Crippen molar-refractivity contribution < 1.29 is 0 Å². The molecule has 0 atom stereocenters. The molecular formula is C13H9ClN2O. The maximum absolute atomic E-state index is 11.8. The molecule has 1 heterocycles. The van der Waals surface area contributed by atoms with Gasteiger partial charge in [0.15, 0.2) is 5.43 Å². The molecule has 0 radical (unpaired) electrons. The minimum Gasteiger partial charge on any atom is -0.399 e. The van der Waals surface area contributed by atoms with E-state index in [1.54, 1.807) is 12.1 Å². The number of anilines is 1. The summed E-state index contributed by atoms with van der Waals surface area (Å²) in [6, 6.07) is 10.5. The van der Waals surface area contributed by atoms with Crippen LogP contribution in [-0.4, -0.2) is 4.98 Å². The summed E-state index contributed by atoms with van der Waals surface area (Å²) in [6.07, 6.45) is 0. The number of hydrogen-bond donors (Lipinski definition) is 2. The number of nitrogens with one attached hydrogen (secondary N) is 1. The van der Waals surface area contributed by atoms with Crippen molar-refractivity contribution in [3.8, 4) is 11.3 Å². The lowest BCUT2D eigenvalue weighted by Gasteiger charge is -2.08. The number of aromatic nitrogens is 1. The number of fused-ring (bicyclic) bond motifs is 2. The van der Waals surface area contributed by atoms with E-state index in [4.69, 9.17) is 17.3 Å². The monoisotopic (exact) mass is 244 g/mol. The normalized spacial score (nSPS) is 11.1. The summed E-state index contributed by atoms with van der Waals surface area (Å²) in [5, 5.41) is 1.60. The van der Waals surface area contributed by atoms with Gasteiger partial charge in [-0.05, 0) is 29.7 Å². The molecule has 1 aromatic rings. The van der Waals surface area contributed by atoms with Gasteiger partial charge in [-0.1, -0.05) is 17.7 Å². The van der Waals surface area contributed by atoms with Gasteiger partial charge in [-0.2, -0.15) is 0 Å². The average Bonchev–Trinajstić information content (AvgIpc) is 2.26. The smallest absolute Gasteiger partial charge is 0.189 e. The Morgan fingerprint density at radius 1 is 1.12 bits per heavy atom. The fraction of sp³-hybridized carbons (Fsp3) is 0. The van der Waals surface area contributed by atoms with Gasteiger partial charge in [0.2, 0.25) is 0 Å². The summed E-state index contributed by atoms with van der Waals surface area (Å²) in [5.41, 5.74) is 8.28. The van der Waals surface area contributed by atoms with Crippen LogP contribution < -0.4 is 11.2 Å².